The molecule has 0 saturated heterocycles. The highest BCUT2D eigenvalue weighted by molar-refractivity contribution is 5.05. The first kappa shape index (κ1) is 15.1. The third-order valence-electron chi connectivity index (χ3n) is 4.85. The van der Waals surface area contributed by atoms with Gasteiger partial charge in [0.25, 0.3) is 0 Å². The lowest BCUT2D eigenvalue weighted by Crippen LogP contribution is -2.35. The van der Waals surface area contributed by atoms with Crippen molar-refractivity contribution < 1.29 is 0 Å². The molecule has 1 heteroatoms. The van der Waals surface area contributed by atoms with Crippen LogP contribution in [0.3, 0.4) is 0 Å². The van der Waals surface area contributed by atoms with Crippen LogP contribution in [0.4, 0.5) is 0 Å². The van der Waals surface area contributed by atoms with Crippen LogP contribution in [0, 0.1) is 11.8 Å². The highest BCUT2D eigenvalue weighted by Crippen LogP contribution is 2.29. The molecule has 2 aliphatic rings. The fourth-order valence-corrected chi connectivity index (χ4v) is 3.93. The summed E-state index contributed by atoms with van der Waals surface area (Å²) >= 11 is 0. The molecule has 0 amide bonds. The summed E-state index contributed by atoms with van der Waals surface area (Å²) < 4.78 is 0. The molecule has 19 heavy (non-hydrogen) atoms. The van der Waals surface area contributed by atoms with E-state index >= 15 is 0 Å². The first-order valence-corrected chi connectivity index (χ1v) is 8.65. The Morgan fingerprint density at radius 1 is 1.21 bits per heavy atom. The number of rotatable bonds is 6. The van der Waals surface area contributed by atoms with Crippen LogP contribution >= 0.6 is 0 Å². The third kappa shape index (κ3) is 5.69. The molecule has 1 saturated carbocycles. The molecule has 1 fully saturated rings. The second-order valence-corrected chi connectivity index (χ2v) is 7.17. The number of nitrogens with one attached hydrogen (secondary N) is 1. The molecular weight excluding hydrogens is 230 g/mol. The zero-order chi connectivity index (χ0) is 13.5. The van der Waals surface area contributed by atoms with Crippen molar-refractivity contribution >= 4 is 0 Å². The van der Waals surface area contributed by atoms with Crippen LogP contribution in [0.5, 0.6) is 0 Å². The minimum atomic E-state index is 0.807. The van der Waals surface area contributed by atoms with Gasteiger partial charge in [0.15, 0.2) is 0 Å². The van der Waals surface area contributed by atoms with Crippen LogP contribution in [-0.4, -0.2) is 12.6 Å². The highest BCUT2D eigenvalue weighted by atomic mass is 14.9. The standard InChI is InChI=1S/C18H33N/c1-15(2)13-17-9-6-10-18(14-17)19-12-11-16-7-4-3-5-8-16/h7,15,17-19H,3-6,8-14H2,1-2H3. The molecule has 2 rings (SSSR count). The maximum absolute atomic E-state index is 3.83. The van der Waals surface area contributed by atoms with Crippen LogP contribution in [0.2, 0.25) is 0 Å². The van der Waals surface area contributed by atoms with Crippen molar-refractivity contribution in [3.8, 4) is 0 Å². The van der Waals surface area contributed by atoms with E-state index in [1.807, 2.05) is 0 Å². The smallest absolute Gasteiger partial charge is 0.00698 e. The predicted octanol–water partition coefficient (Wildman–Crippen LogP) is 5.07. The van der Waals surface area contributed by atoms with Gasteiger partial charge in [-0.2, -0.15) is 0 Å². The van der Waals surface area contributed by atoms with E-state index in [1.54, 1.807) is 5.57 Å². The molecule has 1 N–H and O–H groups in total. The van der Waals surface area contributed by atoms with Gasteiger partial charge in [0.2, 0.25) is 0 Å². The average molecular weight is 263 g/mol. The predicted molar refractivity (Wildman–Crippen MR) is 84.4 cm³/mol. The second-order valence-electron chi connectivity index (χ2n) is 7.17. The maximum Gasteiger partial charge on any atom is 0.00698 e. The quantitative estimate of drug-likeness (QED) is 0.660. The Morgan fingerprint density at radius 3 is 2.84 bits per heavy atom. The average Bonchev–Trinajstić information content (AvgIpc) is 2.40. The molecule has 0 aromatic carbocycles. The van der Waals surface area contributed by atoms with Gasteiger partial charge in [-0.05, 0) is 69.7 Å². The number of allylic oxidation sites excluding steroid dienone is 1. The van der Waals surface area contributed by atoms with E-state index in [4.69, 9.17) is 0 Å². The number of hydrogen-bond donors (Lipinski definition) is 1. The molecule has 0 heterocycles. The molecular formula is C18H33N. The molecule has 0 aromatic rings. The van der Waals surface area contributed by atoms with Gasteiger partial charge in [-0.1, -0.05) is 38.3 Å². The van der Waals surface area contributed by atoms with Crippen LogP contribution in [0.25, 0.3) is 0 Å². The van der Waals surface area contributed by atoms with E-state index in [1.165, 1.54) is 70.8 Å². The lowest BCUT2D eigenvalue weighted by atomic mass is 9.81. The Morgan fingerprint density at radius 2 is 2.11 bits per heavy atom. The van der Waals surface area contributed by atoms with Crippen LogP contribution < -0.4 is 5.32 Å². The van der Waals surface area contributed by atoms with Gasteiger partial charge in [-0.15, -0.1) is 0 Å². The molecule has 2 atom stereocenters. The summed E-state index contributed by atoms with van der Waals surface area (Å²) in [7, 11) is 0. The van der Waals surface area contributed by atoms with Crippen LogP contribution in [-0.2, 0) is 0 Å². The largest absolute Gasteiger partial charge is 0.314 e. The minimum Gasteiger partial charge on any atom is -0.314 e. The lowest BCUT2D eigenvalue weighted by molar-refractivity contribution is 0.253. The van der Waals surface area contributed by atoms with Gasteiger partial charge in [-0.25, -0.2) is 0 Å². The first-order chi connectivity index (χ1) is 9.24. The Labute approximate surface area is 120 Å². The molecule has 1 nitrogen and oxygen atoms in total. The van der Waals surface area contributed by atoms with E-state index in [0.29, 0.717) is 0 Å². The zero-order valence-electron chi connectivity index (χ0n) is 13.1. The fraction of sp³-hybridized carbons (Fsp3) is 0.889. The van der Waals surface area contributed by atoms with Crippen molar-refractivity contribution in [2.45, 2.75) is 84.1 Å². The summed E-state index contributed by atoms with van der Waals surface area (Å²) in [5.41, 5.74) is 1.72. The molecule has 2 aliphatic carbocycles. The summed E-state index contributed by atoms with van der Waals surface area (Å²) in [6, 6.07) is 0.807. The van der Waals surface area contributed by atoms with Crippen molar-refractivity contribution in [2.75, 3.05) is 6.54 Å². The minimum absolute atomic E-state index is 0.807. The van der Waals surface area contributed by atoms with Gasteiger partial charge in [0, 0.05) is 6.04 Å². The van der Waals surface area contributed by atoms with Crippen molar-refractivity contribution in [3.05, 3.63) is 11.6 Å². The van der Waals surface area contributed by atoms with Gasteiger partial charge >= 0.3 is 0 Å². The molecule has 0 bridgehead atoms. The van der Waals surface area contributed by atoms with Crippen molar-refractivity contribution in [3.63, 3.8) is 0 Å². The second kappa shape index (κ2) is 8.09. The topological polar surface area (TPSA) is 12.0 Å². The lowest BCUT2D eigenvalue weighted by Gasteiger charge is -2.31. The molecule has 0 spiro atoms. The SMILES string of the molecule is CC(C)CC1CCCC(NCCC2=CCCCC2)C1. The Kier molecular flexibility index (Phi) is 6.43. The van der Waals surface area contributed by atoms with Gasteiger partial charge in [-0.3, -0.25) is 0 Å². The van der Waals surface area contributed by atoms with Crippen molar-refractivity contribution in [1.29, 1.82) is 0 Å². The molecule has 0 aromatic heterocycles. The number of hydrogen-bond acceptors (Lipinski definition) is 1. The van der Waals surface area contributed by atoms with E-state index in [2.05, 4.69) is 25.2 Å². The molecule has 2 unspecified atom stereocenters. The van der Waals surface area contributed by atoms with E-state index in [-0.39, 0.29) is 0 Å². The van der Waals surface area contributed by atoms with Crippen LogP contribution in [0.1, 0.15) is 78.1 Å². The summed E-state index contributed by atoms with van der Waals surface area (Å²) in [4.78, 5) is 0. The highest BCUT2D eigenvalue weighted by Gasteiger charge is 2.22. The summed E-state index contributed by atoms with van der Waals surface area (Å²) in [5, 5.41) is 3.83. The zero-order valence-corrected chi connectivity index (χ0v) is 13.1. The Balaban J connectivity index is 1.63. The fourth-order valence-electron chi connectivity index (χ4n) is 3.93. The third-order valence-corrected chi connectivity index (χ3v) is 4.85. The summed E-state index contributed by atoms with van der Waals surface area (Å²) in [5.74, 6) is 1.86. The van der Waals surface area contributed by atoms with E-state index in [9.17, 15) is 0 Å². The maximum atomic E-state index is 3.83. The monoisotopic (exact) mass is 263 g/mol. The Hall–Kier alpha value is -0.300. The van der Waals surface area contributed by atoms with Gasteiger partial charge < -0.3 is 5.32 Å². The van der Waals surface area contributed by atoms with E-state index < -0.39 is 0 Å². The van der Waals surface area contributed by atoms with E-state index in [0.717, 1.165) is 17.9 Å². The molecule has 0 aliphatic heterocycles. The van der Waals surface area contributed by atoms with Gasteiger partial charge in [0.05, 0.1) is 0 Å². The van der Waals surface area contributed by atoms with Crippen molar-refractivity contribution in [1.82, 2.24) is 5.32 Å². The van der Waals surface area contributed by atoms with Crippen LogP contribution in [0.15, 0.2) is 11.6 Å². The normalized spacial score (nSPS) is 28.5. The molecule has 110 valence electrons. The molecule has 0 radical (unpaired) electrons. The van der Waals surface area contributed by atoms with Crippen molar-refractivity contribution in [2.24, 2.45) is 11.8 Å². The first-order valence-electron chi connectivity index (χ1n) is 8.65. The summed E-state index contributed by atoms with van der Waals surface area (Å²) in [6.45, 7) is 5.95. The summed E-state index contributed by atoms with van der Waals surface area (Å²) in [6.07, 6.45) is 16.5. The van der Waals surface area contributed by atoms with Gasteiger partial charge in [0.1, 0.15) is 0 Å². The Bertz CT molecular complexity index is 279.